The van der Waals surface area contributed by atoms with Gasteiger partial charge in [0.05, 0.1) is 26.4 Å². The average molecular weight is 296 g/mol. The Balaban J connectivity index is 2.37. The molecule has 0 saturated carbocycles. The molecule has 6 heteroatoms. The molecule has 1 unspecified atom stereocenters. The van der Waals surface area contributed by atoms with Gasteiger partial charge in [0.2, 0.25) is 5.91 Å². The number of nitrogens with one attached hydrogen (secondary N) is 1. The number of hydrogen-bond donors (Lipinski definition) is 2. The number of hydrogen-bond acceptors (Lipinski definition) is 5. The second kappa shape index (κ2) is 9.33. The summed E-state index contributed by atoms with van der Waals surface area (Å²) in [4.78, 5) is 13.6. The molecule has 1 rings (SSSR count). The molecule has 1 aromatic rings. The smallest absolute Gasteiger partial charge is 0.234 e. The summed E-state index contributed by atoms with van der Waals surface area (Å²) in [5, 5.41) is 12.4. The third kappa shape index (κ3) is 6.57. The molecule has 0 radical (unpaired) electrons. The fourth-order valence-electron chi connectivity index (χ4n) is 2.01. The Hall–Kier alpha value is -1.63. The van der Waals surface area contributed by atoms with Crippen LogP contribution in [0.2, 0.25) is 0 Å². The predicted octanol–water partition coefficient (Wildman–Crippen LogP) is 0.251. The number of nitrogens with zero attached hydrogens (tertiary/aromatic N) is 1. The fourth-order valence-corrected chi connectivity index (χ4v) is 2.01. The second-order valence-electron chi connectivity index (χ2n) is 4.89. The molecular weight excluding hydrogens is 272 g/mol. The number of para-hydroxylation sites is 1. The lowest BCUT2D eigenvalue weighted by Gasteiger charge is -2.19. The minimum absolute atomic E-state index is 0.104. The first kappa shape index (κ1) is 17.4. The number of aliphatic hydroxyl groups excluding tert-OH is 1. The van der Waals surface area contributed by atoms with Crippen LogP contribution >= 0.6 is 0 Å². The van der Waals surface area contributed by atoms with Gasteiger partial charge in [0, 0.05) is 25.8 Å². The molecule has 0 spiro atoms. The number of carbonyl (C=O) groups is 1. The van der Waals surface area contributed by atoms with Gasteiger partial charge in [-0.3, -0.25) is 9.69 Å². The van der Waals surface area contributed by atoms with E-state index in [-0.39, 0.29) is 19.1 Å². The van der Waals surface area contributed by atoms with E-state index in [0.717, 1.165) is 11.3 Å². The van der Waals surface area contributed by atoms with E-state index in [2.05, 4.69) is 5.32 Å². The maximum absolute atomic E-state index is 11.9. The van der Waals surface area contributed by atoms with Crippen molar-refractivity contribution in [2.24, 2.45) is 0 Å². The first-order chi connectivity index (χ1) is 10.1. The largest absolute Gasteiger partial charge is 0.496 e. The minimum Gasteiger partial charge on any atom is -0.496 e. The summed E-state index contributed by atoms with van der Waals surface area (Å²) in [6, 6.07) is 7.55. The molecule has 0 aliphatic heterocycles. The van der Waals surface area contributed by atoms with Gasteiger partial charge in [0.1, 0.15) is 5.75 Å². The molecule has 0 aliphatic carbocycles. The summed E-state index contributed by atoms with van der Waals surface area (Å²) in [7, 11) is 4.91. The summed E-state index contributed by atoms with van der Waals surface area (Å²) in [6.45, 7) is 1.27. The van der Waals surface area contributed by atoms with Gasteiger partial charge < -0.3 is 19.9 Å². The van der Waals surface area contributed by atoms with Crippen LogP contribution in [0, 0.1) is 0 Å². The van der Waals surface area contributed by atoms with E-state index in [0.29, 0.717) is 13.1 Å². The van der Waals surface area contributed by atoms with Gasteiger partial charge in [-0.1, -0.05) is 18.2 Å². The van der Waals surface area contributed by atoms with Crippen molar-refractivity contribution in [3.63, 3.8) is 0 Å². The van der Waals surface area contributed by atoms with Crippen LogP contribution in [-0.4, -0.2) is 63.0 Å². The standard InChI is InChI=1S/C15H24N2O4/c1-17(9-13(18)11-20-2)10-15(19)16-8-12-6-4-5-7-14(12)21-3/h4-7,13,18H,8-11H2,1-3H3,(H,16,19). The third-order valence-electron chi connectivity index (χ3n) is 2.96. The van der Waals surface area contributed by atoms with E-state index in [9.17, 15) is 9.90 Å². The van der Waals surface area contributed by atoms with Gasteiger partial charge in [-0.15, -0.1) is 0 Å². The molecule has 0 aromatic heterocycles. The van der Waals surface area contributed by atoms with Gasteiger partial charge in [0.25, 0.3) is 0 Å². The van der Waals surface area contributed by atoms with Gasteiger partial charge >= 0.3 is 0 Å². The van der Waals surface area contributed by atoms with Crippen LogP contribution in [0.5, 0.6) is 5.75 Å². The second-order valence-corrected chi connectivity index (χ2v) is 4.89. The molecule has 0 fully saturated rings. The topological polar surface area (TPSA) is 71.0 Å². The number of aliphatic hydroxyl groups is 1. The highest BCUT2D eigenvalue weighted by Crippen LogP contribution is 2.16. The van der Waals surface area contributed by atoms with E-state index in [1.54, 1.807) is 19.1 Å². The third-order valence-corrected chi connectivity index (χ3v) is 2.96. The van der Waals surface area contributed by atoms with Crippen LogP contribution in [0.1, 0.15) is 5.56 Å². The maximum Gasteiger partial charge on any atom is 0.234 e. The lowest BCUT2D eigenvalue weighted by Crippen LogP contribution is -2.39. The Labute approximate surface area is 125 Å². The summed E-state index contributed by atoms with van der Waals surface area (Å²) >= 11 is 0. The zero-order valence-electron chi connectivity index (χ0n) is 12.8. The van der Waals surface area contributed by atoms with Crippen LogP contribution in [0.15, 0.2) is 24.3 Å². The van der Waals surface area contributed by atoms with E-state index < -0.39 is 6.10 Å². The highest BCUT2D eigenvalue weighted by molar-refractivity contribution is 5.78. The fraction of sp³-hybridized carbons (Fsp3) is 0.533. The molecule has 118 valence electrons. The average Bonchev–Trinajstić information content (AvgIpc) is 2.45. The molecule has 0 heterocycles. The van der Waals surface area contributed by atoms with Gasteiger partial charge in [0.15, 0.2) is 0 Å². The van der Waals surface area contributed by atoms with Crippen molar-refractivity contribution in [2.45, 2.75) is 12.6 Å². The highest BCUT2D eigenvalue weighted by Gasteiger charge is 2.11. The van der Waals surface area contributed by atoms with Gasteiger partial charge in [-0.05, 0) is 13.1 Å². The van der Waals surface area contributed by atoms with Gasteiger partial charge in [-0.25, -0.2) is 0 Å². The van der Waals surface area contributed by atoms with Crippen LogP contribution in [-0.2, 0) is 16.1 Å². The normalized spacial score (nSPS) is 12.2. The predicted molar refractivity (Wildman–Crippen MR) is 80.2 cm³/mol. The molecular formula is C15H24N2O4. The zero-order valence-corrected chi connectivity index (χ0v) is 12.8. The molecule has 2 N–H and O–H groups in total. The molecule has 0 saturated heterocycles. The number of ether oxygens (including phenoxy) is 2. The quantitative estimate of drug-likeness (QED) is 0.683. The number of methoxy groups -OCH3 is 2. The molecule has 1 aromatic carbocycles. The van der Waals surface area contributed by atoms with E-state index >= 15 is 0 Å². The van der Waals surface area contributed by atoms with Crippen molar-refractivity contribution in [3.05, 3.63) is 29.8 Å². The van der Waals surface area contributed by atoms with Crippen molar-refractivity contribution in [1.82, 2.24) is 10.2 Å². The summed E-state index contributed by atoms with van der Waals surface area (Å²) in [5.41, 5.74) is 0.926. The lowest BCUT2D eigenvalue weighted by atomic mass is 10.2. The van der Waals surface area contributed by atoms with Gasteiger partial charge in [-0.2, -0.15) is 0 Å². The Morgan fingerprint density at radius 2 is 2.10 bits per heavy atom. The summed E-state index contributed by atoms with van der Waals surface area (Å²) < 4.78 is 10.1. The van der Waals surface area contributed by atoms with E-state index in [4.69, 9.17) is 9.47 Å². The minimum atomic E-state index is -0.595. The van der Waals surface area contributed by atoms with Crippen molar-refractivity contribution in [2.75, 3.05) is 41.0 Å². The Morgan fingerprint density at radius 3 is 2.76 bits per heavy atom. The lowest BCUT2D eigenvalue weighted by molar-refractivity contribution is -0.122. The summed E-state index contributed by atoms with van der Waals surface area (Å²) in [6.07, 6.45) is -0.595. The van der Waals surface area contributed by atoms with Crippen molar-refractivity contribution in [3.8, 4) is 5.75 Å². The first-order valence-electron chi connectivity index (χ1n) is 6.81. The first-order valence-corrected chi connectivity index (χ1v) is 6.81. The Morgan fingerprint density at radius 1 is 1.38 bits per heavy atom. The molecule has 1 atom stereocenters. The van der Waals surface area contributed by atoms with Crippen LogP contribution in [0.4, 0.5) is 0 Å². The maximum atomic E-state index is 11.9. The number of carbonyl (C=O) groups excluding carboxylic acids is 1. The molecule has 0 aliphatic rings. The van der Waals surface area contributed by atoms with Crippen LogP contribution in [0.25, 0.3) is 0 Å². The van der Waals surface area contributed by atoms with Crippen molar-refractivity contribution in [1.29, 1.82) is 0 Å². The van der Waals surface area contributed by atoms with E-state index in [1.807, 2.05) is 24.3 Å². The molecule has 6 nitrogen and oxygen atoms in total. The highest BCUT2D eigenvalue weighted by atomic mass is 16.5. The summed E-state index contributed by atoms with van der Waals surface area (Å²) in [5.74, 6) is 0.648. The number of likely N-dealkylation sites (N-methyl/N-ethyl adjacent to an activating group) is 1. The van der Waals surface area contributed by atoms with Crippen molar-refractivity contribution < 1.29 is 19.4 Å². The zero-order chi connectivity index (χ0) is 15.7. The van der Waals surface area contributed by atoms with E-state index in [1.165, 1.54) is 7.11 Å². The number of amides is 1. The van der Waals surface area contributed by atoms with Crippen LogP contribution < -0.4 is 10.1 Å². The Kier molecular flexibility index (Phi) is 7.74. The number of rotatable bonds is 9. The van der Waals surface area contributed by atoms with Crippen molar-refractivity contribution >= 4 is 5.91 Å². The molecule has 1 amide bonds. The molecule has 21 heavy (non-hydrogen) atoms. The van der Waals surface area contributed by atoms with Crippen LogP contribution in [0.3, 0.4) is 0 Å². The Bertz CT molecular complexity index is 439. The monoisotopic (exact) mass is 296 g/mol. The SMILES string of the molecule is COCC(O)CN(C)CC(=O)NCc1ccccc1OC. The number of benzene rings is 1. The molecule has 0 bridgehead atoms.